The molecule has 1 aliphatic heterocycles. The number of hydrogen-bond acceptors (Lipinski definition) is 2. The molecule has 1 aliphatic rings. The first-order valence-corrected chi connectivity index (χ1v) is 7.36. The van der Waals surface area contributed by atoms with Crippen LogP contribution in [0.1, 0.15) is 48.1 Å². The molecule has 0 unspecified atom stereocenters. The summed E-state index contributed by atoms with van der Waals surface area (Å²) in [5, 5.41) is 6.31. The van der Waals surface area contributed by atoms with Gasteiger partial charge in [-0.2, -0.15) is 0 Å². The number of carbonyl (C=O) groups is 1. The molecule has 0 radical (unpaired) electrons. The molecule has 0 aromatic carbocycles. The van der Waals surface area contributed by atoms with Gasteiger partial charge in [0.2, 0.25) is 0 Å². The lowest BCUT2D eigenvalue weighted by Gasteiger charge is -2.15. The van der Waals surface area contributed by atoms with Crippen LogP contribution in [0.15, 0.2) is 17.7 Å². The van der Waals surface area contributed by atoms with E-state index in [0.717, 1.165) is 36.5 Å². The van der Waals surface area contributed by atoms with Gasteiger partial charge in [0.25, 0.3) is 5.91 Å². The third-order valence-electron chi connectivity index (χ3n) is 3.88. The molecule has 2 heterocycles. The maximum Gasteiger partial charge on any atom is 0.253 e. The standard InChI is InChI=1S/C16H25N3O/c1-11(2)19-12(3)9-15(13(19)4)16(20)18-10-14-5-7-17-8-6-14/h5,9,11,17H,6-8,10H2,1-4H3,(H,18,20). The van der Waals surface area contributed by atoms with Crippen molar-refractivity contribution in [3.05, 3.63) is 34.7 Å². The lowest BCUT2D eigenvalue weighted by atomic mass is 10.1. The summed E-state index contributed by atoms with van der Waals surface area (Å²) >= 11 is 0. The van der Waals surface area contributed by atoms with E-state index in [2.05, 4.69) is 42.0 Å². The molecule has 2 rings (SSSR count). The summed E-state index contributed by atoms with van der Waals surface area (Å²) in [5.41, 5.74) is 4.30. The van der Waals surface area contributed by atoms with Crippen molar-refractivity contribution in [2.75, 3.05) is 19.6 Å². The number of rotatable bonds is 4. The maximum absolute atomic E-state index is 12.3. The maximum atomic E-state index is 12.3. The van der Waals surface area contributed by atoms with Crippen molar-refractivity contribution in [1.29, 1.82) is 0 Å². The van der Waals surface area contributed by atoms with Crippen LogP contribution in [0.5, 0.6) is 0 Å². The molecule has 0 bridgehead atoms. The Morgan fingerprint density at radius 3 is 2.75 bits per heavy atom. The first-order chi connectivity index (χ1) is 9.50. The highest BCUT2D eigenvalue weighted by atomic mass is 16.1. The Balaban J connectivity index is 2.06. The van der Waals surface area contributed by atoms with E-state index in [-0.39, 0.29) is 5.91 Å². The Hall–Kier alpha value is -1.55. The molecular weight excluding hydrogens is 250 g/mol. The van der Waals surface area contributed by atoms with Crippen LogP contribution in [-0.4, -0.2) is 30.1 Å². The van der Waals surface area contributed by atoms with Crippen molar-refractivity contribution in [2.45, 2.75) is 40.2 Å². The Labute approximate surface area is 121 Å². The molecule has 20 heavy (non-hydrogen) atoms. The van der Waals surface area contributed by atoms with Gasteiger partial charge >= 0.3 is 0 Å². The second-order valence-corrected chi connectivity index (χ2v) is 5.75. The average Bonchev–Trinajstić information content (AvgIpc) is 2.72. The van der Waals surface area contributed by atoms with E-state index in [9.17, 15) is 4.79 Å². The predicted molar refractivity (Wildman–Crippen MR) is 82.2 cm³/mol. The van der Waals surface area contributed by atoms with Crippen molar-refractivity contribution in [3.8, 4) is 0 Å². The van der Waals surface area contributed by atoms with Gasteiger partial charge in [-0.1, -0.05) is 11.6 Å². The van der Waals surface area contributed by atoms with Gasteiger partial charge in [0, 0.05) is 30.5 Å². The van der Waals surface area contributed by atoms with Gasteiger partial charge in [0.15, 0.2) is 0 Å². The molecule has 110 valence electrons. The molecular formula is C16H25N3O. The minimum Gasteiger partial charge on any atom is -0.348 e. The molecule has 0 saturated carbocycles. The van der Waals surface area contributed by atoms with Crippen molar-refractivity contribution in [3.63, 3.8) is 0 Å². The minimum absolute atomic E-state index is 0.0319. The fraction of sp³-hybridized carbons (Fsp3) is 0.562. The molecule has 4 heteroatoms. The van der Waals surface area contributed by atoms with E-state index in [0.29, 0.717) is 12.6 Å². The highest BCUT2D eigenvalue weighted by Crippen LogP contribution is 2.20. The molecule has 0 saturated heterocycles. The van der Waals surface area contributed by atoms with Crippen molar-refractivity contribution in [1.82, 2.24) is 15.2 Å². The second-order valence-electron chi connectivity index (χ2n) is 5.75. The molecule has 0 atom stereocenters. The van der Waals surface area contributed by atoms with E-state index >= 15 is 0 Å². The van der Waals surface area contributed by atoms with E-state index < -0.39 is 0 Å². The zero-order valence-electron chi connectivity index (χ0n) is 12.9. The number of carbonyl (C=O) groups excluding carboxylic acids is 1. The summed E-state index contributed by atoms with van der Waals surface area (Å²) in [6.07, 6.45) is 3.19. The van der Waals surface area contributed by atoms with Gasteiger partial charge in [-0.3, -0.25) is 4.79 Å². The van der Waals surface area contributed by atoms with Crippen molar-refractivity contribution in [2.24, 2.45) is 0 Å². The summed E-state index contributed by atoms with van der Waals surface area (Å²) < 4.78 is 2.21. The largest absolute Gasteiger partial charge is 0.348 e. The van der Waals surface area contributed by atoms with Crippen LogP contribution in [0, 0.1) is 13.8 Å². The van der Waals surface area contributed by atoms with Crippen molar-refractivity contribution >= 4 is 5.91 Å². The third-order valence-corrected chi connectivity index (χ3v) is 3.88. The quantitative estimate of drug-likeness (QED) is 0.829. The summed E-state index contributed by atoms with van der Waals surface area (Å²) in [6, 6.07) is 2.37. The van der Waals surface area contributed by atoms with Crippen LogP contribution in [-0.2, 0) is 0 Å². The van der Waals surface area contributed by atoms with Crippen molar-refractivity contribution < 1.29 is 4.79 Å². The number of hydrogen-bond donors (Lipinski definition) is 2. The number of aromatic nitrogens is 1. The Morgan fingerprint density at radius 2 is 2.20 bits per heavy atom. The van der Waals surface area contributed by atoms with Crippen LogP contribution in [0.2, 0.25) is 0 Å². The number of nitrogens with zero attached hydrogens (tertiary/aromatic N) is 1. The van der Waals surface area contributed by atoms with Gasteiger partial charge in [0.1, 0.15) is 0 Å². The lowest BCUT2D eigenvalue weighted by molar-refractivity contribution is 0.0956. The topological polar surface area (TPSA) is 46.1 Å². The van der Waals surface area contributed by atoms with Gasteiger partial charge in [-0.15, -0.1) is 0 Å². The summed E-state index contributed by atoms with van der Waals surface area (Å²) in [7, 11) is 0. The Kier molecular flexibility index (Phi) is 4.65. The third kappa shape index (κ3) is 3.12. The zero-order chi connectivity index (χ0) is 14.7. The molecule has 4 nitrogen and oxygen atoms in total. The van der Waals surface area contributed by atoms with Gasteiger partial charge in [-0.05, 0) is 46.7 Å². The fourth-order valence-corrected chi connectivity index (χ4v) is 2.92. The highest BCUT2D eigenvalue weighted by Gasteiger charge is 2.17. The number of nitrogens with one attached hydrogen (secondary N) is 2. The first kappa shape index (κ1) is 14.9. The first-order valence-electron chi connectivity index (χ1n) is 7.36. The molecule has 1 amide bonds. The predicted octanol–water partition coefficient (Wildman–Crippen LogP) is 2.34. The molecule has 0 spiro atoms. The van der Waals surface area contributed by atoms with E-state index in [1.54, 1.807) is 0 Å². The van der Waals surface area contributed by atoms with Gasteiger partial charge < -0.3 is 15.2 Å². The average molecular weight is 275 g/mol. The normalized spacial score (nSPS) is 15.3. The van der Waals surface area contributed by atoms with E-state index in [4.69, 9.17) is 0 Å². The smallest absolute Gasteiger partial charge is 0.253 e. The van der Waals surface area contributed by atoms with Crippen LogP contribution in [0.3, 0.4) is 0 Å². The van der Waals surface area contributed by atoms with Crippen LogP contribution in [0.4, 0.5) is 0 Å². The number of aryl methyl sites for hydroxylation is 1. The minimum atomic E-state index is 0.0319. The van der Waals surface area contributed by atoms with E-state index in [1.807, 2.05) is 13.0 Å². The highest BCUT2D eigenvalue weighted by molar-refractivity contribution is 5.95. The molecule has 1 aromatic heterocycles. The zero-order valence-corrected chi connectivity index (χ0v) is 12.9. The van der Waals surface area contributed by atoms with Gasteiger partial charge in [0.05, 0.1) is 5.56 Å². The second kappa shape index (κ2) is 6.27. The van der Waals surface area contributed by atoms with Crippen LogP contribution < -0.4 is 10.6 Å². The van der Waals surface area contributed by atoms with Gasteiger partial charge in [-0.25, -0.2) is 0 Å². The lowest BCUT2D eigenvalue weighted by Crippen LogP contribution is -2.29. The summed E-state index contributed by atoms with van der Waals surface area (Å²) in [5.74, 6) is 0.0319. The SMILES string of the molecule is Cc1cc(C(=O)NCC2=CCNCC2)c(C)n1C(C)C. The van der Waals surface area contributed by atoms with E-state index in [1.165, 1.54) is 5.57 Å². The van der Waals surface area contributed by atoms with Crippen LogP contribution >= 0.6 is 0 Å². The van der Waals surface area contributed by atoms with Crippen LogP contribution in [0.25, 0.3) is 0 Å². The Bertz CT molecular complexity index is 526. The fourth-order valence-electron chi connectivity index (χ4n) is 2.92. The number of amides is 1. The monoisotopic (exact) mass is 275 g/mol. The Morgan fingerprint density at radius 1 is 1.45 bits per heavy atom. The summed E-state index contributed by atoms with van der Waals surface area (Å²) in [6.45, 7) is 10.9. The molecule has 0 fully saturated rings. The molecule has 2 N–H and O–H groups in total. The molecule has 1 aromatic rings. The molecule has 0 aliphatic carbocycles. The summed E-state index contributed by atoms with van der Waals surface area (Å²) in [4.78, 5) is 12.3.